The number of halogens is 1. The number of carbonyl (C=O) groups is 1. The topological polar surface area (TPSA) is 101 Å². The van der Waals surface area contributed by atoms with Crippen LogP contribution < -0.4 is 0 Å². The lowest BCUT2D eigenvalue weighted by Crippen LogP contribution is -2.28. The average molecular weight is 450 g/mol. The second-order valence-corrected chi connectivity index (χ2v) is 7.62. The number of thioether (sulfide) groups is 1. The van der Waals surface area contributed by atoms with Gasteiger partial charge in [-0.1, -0.05) is 24.3 Å². The summed E-state index contributed by atoms with van der Waals surface area (Å²) >= 11 is 1.12. The predicted octanol–water partition coefficient (Wildman–Crippen LogP) is 4.83. The molecule has 0 saturated carbocycles. The molecule has 1 fully saturated rings. The Bertz CT molecular complexity index is 1240. The SMILES string of the molecule is O=C1/C(=C/c2ccc(F)cc2)S/C(=N/N=C\c2cccc([N+](=O)[O-])c2)N1Cc1ccco1. The van der Waals surface area contributed by atoms with Gasteiger partial charge in [0.2, 0.25) is 0 Å². The number of nitrogens with zero attached hydrogens (tertiary/aromatic N) is 4. The monoisotopic (exact) mass is 450 g/mol. The molecule has 2 aromatic carbocycles. The number of amidine groups is 1. The first-order chi connectivity index (χ1) is 15.5. The number of nitro benzene ring substituents is 1. The Hall–Kier alpha value is -4.05. The molecule has 4 rings (SSSR count). The maximum atomic E-state index is 13.2. The maximum Gasteiger partial charge on any atom is 0.270 e. The molecule has 2 heterocycles. The quantitative estimate of drug-likeness (QED) is 0.232. The molecule has 32 heavy (non-hydrogen) atoms. The van der Waals surface area contributed by atoms with Gasteiger partial charge in [0, 0.05) is 17.7 Å². The zero-order valence-corrected chi connectivity index (χ0v) is 17.2. The number of carbonyl (C=O) groups excluding carboxylic acids is 1. The maximum absolute atomic E-state index is 13.2. The van der Waals surface area contributed by atoms with Crippen molar-refractivity contribution < 1.29 is 18.5 Å². The summed E-state index contributed by atoms with van der Waals surface area (Å²) < 4.78 is 18.5. The first-order valence-corrected chi connectivity index (χ1v) is 10.2. The van der Waals surface area contributed by atoms with Gasteiger partial charge in [0.1, 0.15) is 11.6 Å². The highest BCUT2D eigenvalue weighted by Gasteiger charge is 2.34. The Labute approximate surface area is 185 Å². The van der Waals surface area contributed by atoms with Gasteiger partial charge in [-0.2, -0.15) is 5.10 Å². The van der Waals surface area contributed by atoms with E-state index in [1.807, 2.05) is 0 Å². The molecule has 0 radical (unpaired) electrons. The normalized spacial score (nSPS) is 16.5. The second-order valence-electron chi connectivity index (χ2n) is 6.61. The lowest BCUT2D eigenvalue weighted by Gasteiger charge is -2.12. The number of hydrogen-bond acceptors (Lipinski definition) is 7. The van der Waals surface area contributed by atoms with Gasteiger partial charge in [-0.25, -0.2) is 4.39 Å². The van der Waals surface area contributed by atoms with Crippen LogP contribution in [0.25, 0.3) is 6.08 Å². The van der Waals surface area contributed by atoms with Crippen molar-refractivity contribution in [3.05, 3.63) is 105 Å². The highest BCUT2D eigenvalue weighted by Crippen LogP contribution is 2.33. The van der Waals surface area contributed by atoms with Gasteiger partial charge < -0.3 is 4.42 Å². The first kappa shape index (κ1) is 21.2. The molecule has 1 aliphatic rings. The predicted molar refractivity (Wildman–Crippen MR) is 119 cm³/mol. The van der Waals surface area contributed by atoms with E-state index in [9.17, 15) is 19.3 Å². The van der Waals surface area contributed by atoms with Crippen molar-refractivity contribution in [1.82, 2.24) is 4.90 Å². The molecule has 1 saturated heterocycles. The van der Waals surface area contributed by atoms with Gasteiger partial charge in [-0.05, 0) is 47.7 Å². The molecule has 0 unspecified atom stereocenters. The molecular weight excluding hydrogens is 435 g/mol. The summed E-state index contributed by atoms with van der Waals surface area (Å²) in [6.45, 7) is 0.157. The van der Waals surface area contributed by atoms with Gasteiger partial charge in [-0.15, -0.1) is 5.10 Å². The van der Waals surface area contributed by atoms with Crippen LogP contribution in [0.3, 0.4) is 0 Å². The van der Waals surface area contributed by atoms with Crippen LogP contribution in [0.5, 0.6) is 0 Å². The molecule has 1 aromatic heterocycles. The van der Waals surface area contributed by atoms with Crippen LogP contribution in [0.15, 0.2) is 86.5 Å². The third-order valence-electron chi connectivity index (χ3n) is 4.38. The third-order valence-corrected chi connectivity index (χ3v) is 5.38. The molecule has 1 amide bonds. The zero-order chi connectivity index (χ0) is 22.5. The summed E-state index contributed by atoms with van der Waals surface area (Å²) in [6, 6.07) is 15.2. The van der Waals surface area contributed by atoms with E-state index >= 15 is 0 Å². The fraction of sp³-hybridized carbons (Fsp3) is 0.0455. The van der Waals surface area contributed by atoms with Crippen molar-refractivity contribution in [2.24, 2.45) is 10.2 Å². The fourth-order valence-corrected chi connectivity index (χ4v) is 3.79. The number of benzene rings is 2. The van der Waals surface area contributed by atoms with Crippen molar-refractivity contribution in [2.75, 3.05) is 0 Å². The fourth-order valence-electron chi connectivity index (χ4n) is 2.85. The van der Waals surface area contributed by atoms with E-state index in [-0.39, 0.29) is 24.0 Å². The van der Waals surface area contributed by atoms with Crippen LogP contribution in [0, 0.1) is 15.9 Å². The minimum Gasteiger partial charge on any atom is -0.467 e. The average Bonchev–Trinajstić information content (AvgIpc) is 3.40. The van der Waals surface area contributed by atoms with Crippen LogP contribution in [0.4, 0.5) is 10.1 Å². The Morgan fingerprint density at radius 3 is 2.66 bits per heavy atom. The van der Waals surface area contributed by atoms with Crippen molar-refractivity contribution in [3.63, 3.8) is 0 Å². The first-order valence-electron chi connectivity index (χ1n) is 9.34. The molecular formula is C22H15FN4O4S. The van der Waals surface area contributed by atoms with Crippen LogP contribution in [-0.4, -0.2) is 27.1 Å². The standard InChI is InChI=1S/C22H15FN4O4S/c23-17-8-6-15(7-9-17)12-20-21(28)26(14-19-5-2-10-31-19)22(32-20)25-24-13-16-3-1-4-18(11-16)27(29)30/h1-13H,14H2/b20-12-,24-13-,25-22+. The van der Waals surface area contributed by atoms with Crippen molar-refractivity contribution in [1.29, 1.82) is 0 Å². The molecule has 0 N–H and O–H groups in total. The van der Waals surface area contributed by atoms with Crippen LogP contribution in [-0.2, 0) is 11.3 Å². The minimum atomic E-state index is -0.494. The van der Waals surface area contributed by atoms with Gasteiger partial charge in [-0.3, -0.25) is 19.8 Å². The number of hydrogen-bond donors (Lipinski definition) is 0. The van der Waals surface area contributed by atoms with E-state index in [1.54, 1.807) is 42.5 Å². The number of furan rings is 1. The summed E-state index contributed by atoms with van der Waals surface area (Å²) in [7, 11) is 0. The Morgan fingerprint density at radius 1 is 1.12 bits per heavy atom. The van der Waals surface area contributed by atoms with Crippen LogP contribution >= 0.6 is 11.8 Å². The molecule has 3 aromatic rings. The molecule has 8 nitrogen and oxygen atoms in total. The summed E-state index contributed by atoms with van der Waals surface area (Å²) in [6.07, 6.45) is 4.53. The minimum absolute atomic E-state index is 0.0593. The summed E-state index contributed by atoms with van der Waals surface area (Å²) in [5.41, 5.74) is 1.11. The molecule has 0 spiro atoms. The van der Waals surface area contributed by atoms with Crippen molar-refractivity contribution in [3.8, 4) is 0 Å². The Morgan fingerprint density at radius 2 is 1.94 bits per heavy atom. The third kappa shape index (κ3) is 4.98. The zero-order valence-electron chi connectivity index (χ0n) is 16.4. The Kier molecular flexibility index (Phi) is 6.22. The number of amides is 1. The summed E-state index contributed by atoms with van der Waals surface area (Å²) in [5, 5.41) is 19.4. The van der Waals surface area contributed by atoms with Gasteiger partial charge in [0.25, 0.3) is 11.6 Å². The van der Waals surface area contributed by atoms with E-state index in [0.29, 0.717) is 27.0 Å². The van der Waals surface area contributed by atoms with E-state index in [4.69, 9.17) is 4.42 Å². The van der Waals surface area contributed by atoms with Gasteiger partial charge in [0.15, 0.2) is 5.17 Å². The number of non-ortho nitro benzene ring substituents is 1. The van der Waals surface area contributed by atoms with Crippen molar-refractivity contribution in [2.45, 2.75) is 6.54 Å². The smallest absolute Gasteiger partial charge is 0.270 e. The number of nitro groups is 1. The van der Waals surface area contributed by atoms with Crippen LogP contribution in [0.1, 0.15) is 16.9 Å². The van der Waals surface area contributed by atoms with Crippen LogP contribution in [0.2, 0.25) is 0 Å². The largest absolute Gasteiger partial charge is 0.467 e. The lowest BCUT2D eigenvalue weighted by atomic mass is 10.2. The van der Waals surface area contributed by atoms with E-state index in [2.05, 4.69) is 10.2 Å². The lowest BCUT2D eigenvalue weighted by molar-refractivity contribution is -0.384. The van der Waals surface area contributed by atoms with E-state index in [1.165, 1.54) is 41.6 Å². The molecule has 0 aliphatic carbocycles. The molecule has 10 heteroatoms. The highest BCUT2D eigenvalue weighted by atomic mass is 32.2. The molecule has 0 atom stereocenters. The van der Waals surface area contributed by atoms with Crippen molar-refractivity contribution >= 4 is 40.8 Å². The molecule has 0 bridgehead atoms. The molecule has 1 aliphatic heterocycles. The highest BCUT2D eigenvalue weighted by molar-refractivity contribution is 8.18. The Balaban J connectivity index is 1.61. The summed E-state index contributed by atoms with van der Waals surface area (Å²) in [4.78, 5) is 25.2. The van der Waals surface area contributed by atoms with E-state index < -0.39 is 4.92 Å². The second kappa shape index (κ2) is 9.40. The van der Waals surface area contributed by atoms with E-state index in [0.717, 1.165) is 11.8 Å². The van der Waals surface area contributed by atoms with Gasteiger partial charge in [0.05, 0.1) is 28.9 Å². The van der Waals surface area contributed by atoms with Gasteiger partial charge >= 0.3 is 0 Å². The number of rotatable bonds is 6. The molecule has 160 valence electrons. The summed E-state index contributed by atoms with van der Waals surface area (Å²) in [5.74, 6) is -0.0906.